The molecule has 0 amide bonds. The first-order valence-corrected chi connectivity index (χ1v) is 40.8. The number of hydrogen-bond donors (Lipinski definition) is 0. The Morgan fingerprint density at radius 1 is 0.257 bits per heavy atom. The maximum absolute atomic E-state index is 8.22. The Morgan fingerprint density at radius 2 is 0.637 bits per heavy atom. The molecule has 0 spiro atoms. The summed E-state index contributed by atoms with van der Waals surface area (Å²) in [7, 11) is 0. The summed E-state index contributed by atoms with van der Waals surface area (Å²) in [6.07, 6.45) is 0. The number of anilines is 9. The third kappa shape index (κ3) is 11.6. The minimum absolute atomic E-state index is 0.163. The van der Waals surface area contributed by atoms with E-state index < -0.39 is 0 Å². The van der Waals surface area contributed by atoms with E-state index in [4.69, 9.17) is 4.74 Å². The Kier molecular flexibility index (Phi) is 16.3. The molecule has 0 aromatic heterocycles. The molecular formula is C107H99B2N3O. The van der Waals surface area contributed by atoms with E-state index in [1.165, 1.54) is 122 Å². The number of fused-ring (bicyclic) bond motifs is 11. The number of nitrogens with zero attached hydrogens (tertiary/aromatic N) is 3. The first-order valence-electron chi connectivity index (χ1n) is 40.8. The molecule has 6 heteroatoms. The number of rotatable bonds is 8. The summed E-state index contributed by atoms with van der Waals surface area (Å²) < 4.78 is 8.22. The maximum atomic E-state index is 8.22. The summed E-state index contributed by atoms with van der Waals surface area (Å²) in [5, 5.41) is 0. The maximum Gasteiger partial charge on any atom is 0.256 e. The van der Waals surface area contributed by atoms with Gasteiger partial charge in [-0.15, -0.1) is 0 Å². The van der Waals surface area contributed by atoms with Crippen LogP contribution in [0.2, 0.25) is 0 Å². The van der Waals surface area contributed by atoms with E-state index in [1.54, 1.807) is 0 Å². The van der Waals surface area contributed by atoms with Gasteiger partial charge in [0.05, 0.1) is 11.4 Å². The second-order valence-corrected chi connectivity index (χ2v) is 38.1. The Balaban J connectivity index is 0.937. The van der Waals surface area contributed by atoms with Crippen LogP contribution in [0.3, 0.4) is 0 Å². The molecule has 14 aromatic rings. The van der Waals surface area contributed by atoms with Crippen molar-refractivity contribution in [3.05, 3.63) is 330 Å². The van der Waals surface area contributed by atoms with Gasteiger partial charge in [-0.3, -0.25) is 0 Å². The van der Waals surface area contributed by atoms with E-state index in [1.807, 2.05) is 0 Å². The zero-order valence-electron chi connectivity index (χ0n) is 68.6. The van der Waals surface area contributed by atoms with Gasteiger partial charge in [0.25, 0.3) is 13.4 Å². The van der Waals surface area contributed by atoms with E-state index in [2.05, 4.69) is 424 Å². The van der Waals surface area contributed by atoms with Crippen molar-refractivity contribution in [1.82, 2.24) is 0 Å². The van der Waals surface area contributed by atoms with Gasteiger partial charge in [0.1, 0.15) is 11.5 Å². The van der Waals surface area contributed by atoms with Gasteiger partial charge < -0.3 is 19.4 Å². The molecule has 0 radical (unpaired) electrons. The van der Waals surface area contributed by atoms with Crippen molar-refractivity contribution in [1.29, 1.82) is 0 Å². The average molecular weight is 1460 g/mol. The molecule has 4 nitrogen and oxygen atoms in total. The minimum atomic E-state index is -0.301. The summed E-state index contributed by atoms with van der Waals surface area (Å²) in [5.41, 5.74) is 39.7. The van der Waals surface area contributed by atoms with Crippen LogP contribution in [-0.2, 0) is 32.5 Å². The van der Waals surface area contributed by atoms with E-state index in [0.29, 0.717) is 0 Å². The molecular weight excluding hydrogens is 1360 g/mol. The summed E-state index contributed by atoms with van der Waals surface area (Å²) in [5.74, 6) is 1.72. The van der Waals surface area contributed by atoms with Crippen LogP contribution in [0.1, 0.15) is 157 Å². The second-order valence-electron chi connectivity index (χ2n) is 38.1. The summed E-state index contributed by atoms with van der Waals surface area (Å²) in [4.78, 5) is 8.03. The normalized spacial score (nSPS) is 14.3. The molecule has 113 heavy (non-hydrogen) atoms. The van der Waals surface area contributed by atoms with Crippen LogP contribution in [0, 0.1) is 0 Å². The SMILES string of the molecule is CC(C)(C)c1cc(N2c3cc4c(cc3B3c5ccccc5N(c5c(-c6ccccc6)cc(C(C)(C)C)cc5-c5ccccc5)c5cc(C(C)(C)C)cc2c53)B2c3ccccc3N(c3c(-c5ccccc5)cc(C(C)(C)C)cc3-c3ccccc3)c3cc(-c5cccc6c5C(C)(C)c5ccccc5-6)cc(c32)O4)cc(C(C)(C)C)c1. The highest BCUT2D eigenvalue weighted by atomic mass is 16.5. The van der Waals surface area contributed by atoms with Crippen LogP contribution in [0.15, 0.2) is 291 Å². The highest BCUT2D eigenvalue weighted by Crippen LogP contribution is 2.58. The Morgan fingerprint density at radius 3 is 1.11 bits per heavy atom. The Labute approximate surface area is 671 Å². The molecule has 5 aliphatic rings. The summed E-state index contributed by atoms with van der Waals surface area (Å²) >= 11 is 0. The zero-order valence-corrected chi connectivity index (χ0v) is 68.6. The fourth-order valence-corrected chi connectivity index (χ4v) is 19.1. The zero-order chi connectivity index (χ0) is 78.3. The highest BCUT2D eigenvalue weighted by molar-refractivity contribution is 7.02. The third-order valence-corrected chi connectivity index (χ3v) is 25.2. The Bertz CT molecular complexity index is 6060. The predicted molar refractivity (Wildman–Crippen MR) is 485 cm³/mol. The molecule has 0 saturated carbocycles. The monoisotopic (exact) mass is 1460 g/mol. The van der Waals surface area contributed by atoms with Crippen molar-refractivity contribution in [2.45, 2.75) is 150 Å². The van der Waals surface area contributed by atoms with E-state index in [-0.39, 0.29) is 45.9 Å². The van der Waals surface area contributed by atoms with Crippen LogP contribution in [0.25, 0.3) is 66.8 Å². The number of hydrogen-bond acceptors (Lipinski definition) is 4. The van der Waals surface area contributed by atoms with E-state index >= 15 is 0 Å². The van der Waals surface area contributed by atoms with E-state index in [9.17, 15) is 0 Å². The molecule has 14 aromatic carbocycles. The van der Waals surface area contributed by atoms with Crippen molar-refractivity contribution in [2.75, 3.05) is 14.7 Å². The smallest absolute Gasteiger partial charge is 0.256 e. The van der Waals surface area contributed by atoms with Gasteiger partial charge in [0, 0.05) is 73.5 Å². The van der Waals surface area contributed by atoms with Crippen molar-refractivity contribution < 1.29 is 4.74 Å². The second kappa shape index (κ2) is 25.7. The van der Waals surface area contributed by atoms with Crippen molar-refractivity contribution in [3.8, 4) is 78.3 Å². The van der Waals surface area contributed by atoms with Crippen LogP contribution in [0.4, 0.5) is 51.2 Å². The topological polar surface area (TPSA) is 19.0 Å². The number of para-hydroxylation sites is 2. The van der Waals surface area contributed by atoms with Crippen LogP contribution < -0.4 is 52.2 Å². The minimum Gasteiger partial charge on any atom is -0.458 e. The van der Waals surface area contributed by atoms with Gasteiger partial charge in [0.15, 0.2) is 0 Å². The fourth-order valence-electron chi connectivity index (χ4n) is 19.1. The lowest BCUT2D eigenvalue weighted by atomic mass is 9.30. The molecule has 4 aliphatic heterocycles. The van der Waals surface area contributed by atoms with Gasteiger partial charge in [-0.05, 0) is 216 Å². The molecule has 4 heterocycles. The molecule has 0 bridgehead atoms. The van der Waals surface area contributed by atoms with Gasteiger partial charge in [-0.25, -0.2) is 0 Å². The first kappa shape index (κ1) is 71.7. The van der Waals surface area contributed by atoms with E-state index in [0.717, 1.165) is 78.9 Å². The molecule has 0 fully saturated rings. The molecule has 0 atom stereocenters. The fraction of sp³-hybridized carbons (Fsp3) is 0.215. The van der Waals surface area contributed by atoms with Crippen LogP contribution >= 0.6 is 0 Å². The molecule has 0 saturated heterocycles. The largest absolute Gasteiger partial charge is 0.458 e. The number of ether oxygens (including phenoxy) is 1. The number of benzene rings is 14. The van der Waals surface area contributed by atoms with Crippen molar-refractivity contribution in [3.63, 3.8) is 0 Å². The summed E-state index contributed by atoms with van der Waals surface area (Å²) in [6, 6.07) is 112. The van der Waals surface area contributed by atoms with Crippen LogP contribution in [0.5, 0.6) is 11.5 Å². The average Bonchev–Trinajstić information content (AvgIpc) is 1.03. The summed E-state index contributed by atoms with van der Waals surface area (Å²) in [6.45, 7) is 39.9. The molecule has 0 N–H and O–H groups in total. The lowest BCUT2D eigenvalue weighted by Gasteiger charge is -2.47. The highest BCUT2D eigenvalue weighted by Gasteiger charge is 2.50. The van der Waals surface area contributed by atoms with Crippen molar-refractivity contribution >= 4 is 97.4 Å². The molecule has 1 aliphatic carbocycles. The van der Waals surface area contributed by atoms with Gasteiger partial charge in [-0.2, -0.15) is 0 Å². The predicted octanol–water partition coefficient (Wildman–Crippen LogP) is 25.3. The Hall–Kier alpha value is -11.6. The van der Waals surface area contributed by atoms with Gasteiger partial charge in [-0.1, -0.05) is 330 Å². The van der Waals surface area contributed by atoms with Gasteiger partial charge in [0.2, 0.25) is 0 Å². The van der Waals surface area contributed by atoms with Crippen molar-refractivity contribution in [2.24, 2.45) is 0 Å². The first-order chi connectivity index (χ1) is 54.0. The molecule has 554 valence electrons. The van der Waals surface area contributed by atoms with Gasteiger partial charge >= 0.3 is 0 Å². The van der Waals surface area contributed by atoms with Crippen LogP contribution in [-0.4, -0.2) is 13.4 Å². The molecule has 0 unspecified atom stereocenters. The lowest BCUT2D eigenvalue weighted by Crippen LogP contribution is -2.64. The lowest BCUT2D eigenvalue weighted by molar-refractivity contribution is 0.488. The molecule has 19 rings (SSSR count). The standard InChI is InChI=1S/C107H99B2N3O/c1-102(2,3)71-55-72(103(4,5)6)57-76(56-71)110-91-65-95-88(64-87(91)108-85-49-32-34-51-89(85)112(94-63-75(106(13,14)15)62-93(110)98(94)108)101-82(68-41-26-20-27-42-68)60-74(105(10,11)12)61-83(101)69-43-28-21-29-44-69)109-86-50-33-35-52-90(86)111(100-80(66-37-22-18-23-38-66)58-73(104(7,8)9)59-81(100)67-39-24-19-25-40-67)92-53-70(54-96(113-95)99(92)109)77-46-36-47-79-78-45-30-31-48-84(78)107(16,17)97(77)79/h18-65H,1-17H3. The third-order valence-electron chi connectivity index (χ3n) is 25.2. The quantitative estimate of drug-likeness (QED) is 0.141.